The molecule has 0 spiro atoms. The molecule has 3 N–H and O–H groups in total. The van der Waals surface area contributed by atoms with Crippen molar-refractivity contribution >= 4 is 27.0 Å². The average Bonchev–Trinajstić information content (AvgIpc) is 3.16. The first-order valence-corrected chi connectivity index (χ1v) is 10.1. The lowest BCUT2D eigenvalue weighted by Gasteiger charge is -2.07. The zero-order chi connectivity index (χ0) is 20.4. The molecule has 0 atom stereocenters. The largest absolute Gasteiger partial charge is 0.478 e. The lowest BCUT2D eigenvalue weighted by Crippen LogP contribution is -2.23. The third-order valence-electron chi connectivity index (χ3n) is 4.34. The summed E-state index contributed by atoms with van der Waals surface area (Å²) in [5.41, 5.74) is 2.68. The van der Waals surface area contributed by atoms with Crippen molar-refractivity contribution in [2.45, 2.75) is 11.4 Å². The van der Waals surface area contributed by atoms with Gasteiger partial charge >= 0.3 is 5.97 Å². The third-order valence-corrected chi connectivity index (χ3v) is 5.75. The van der Waals surface area contributed by atoms with Crippen LogP contribution in [0.4, 0.5) is 0 Å². The molecular formula is C20H16N4O4S. The molecule has 0 aliphatic heterocycles. The van der Waals surface area contributed by atoms with E-state index in [0.717, 1.165) is 0 Å². The fourth-order valence-electron chi connectivity index (χ4n) is 2.83. The molecule has 8 nitrogen and oxygen atoms in total. The minimum Gasteiger partial charge on any atom is -0.478 e. The Kier molecular flexibility index (Phi) is 4.83. The van der Waals surface area contributed by atoms with Crippen LogP contribution in [-0.2, 0) is 16.6 Å². The molecule has 146 valence electrons. The number of nitrogens with zero attached hydrogens (tertiary/aromatic N) is 2. The Morgan fingerprint density at radius 3 is 2.55 bits per heavy atom. The monoisotopic (exact) mass is 408 g/mol. The molecule has 4 aromatic rings. The number of carbonyl (C=O) groups is 1. The van der Waals surface area contributed by atoms with E-state index in [1.165, 1.54) is 24.3 Å². The molecule has 4 rings (SSSR count). The number of aromatic amines is 1. The first-order valence-electron chi connectivity index (χ1n) is 8.65. The number of rotatable bonds is 6. The van der Waals surface area contributed by atoms with Crippen LogP contribution in [0.1, 0.15) is 16.1 Å². The lowest BCUT2D eigenvalue weighted by atomic mass is 10.2. The zero-order valence-corrected chi connectivity index (χ0v) is 15.8. The predicted molar refractivity (Wildman–Crippen MR) is 107 cm³/mol. The lowest BCUT2D eigenvalue weighted by molar-refractivity contribution is 0.0697. The summed E-state index contributed by atoms with van der Waals surface area (Å²) in [5, 5.41) is 9.09. The Balaban J connectivity index is 1.55. The molecule has 2 aromatic carbocycles. The minimum atomic E-state index is -3.68. The van der Waals surface area contributed by atoms with E-state index in [2.05, 4.69) is 19.7 Å². The molecule has 2 heterocycles. The maximum atomic E-state index is 12.5. The van der Waals surface area contributed by atoms with Gasteiger partial charge in [-0.05, 0) is 54.6 Å². The number of sulfonamides is 1. The highest BCUT2D eigenvalue weighted by molar-refractivity contribution is 7.89. The van der Waals surface area contributed by atoms with Gasteiger partial charge in [0.25, 0.3) is 0 Å². The molecule has 2 aromatic heterocycles. The van der Waals surface area contributed by atoms with Crippen molar-refractivity contribution in [3.05, 3.63) is 78.1 Å². The predicted octanol–water partition coefficient (Wildman–Crippen LogP) is 2.80. The van der Waals surface area contributed by atoms with Gasteiger partial charge in [-0.2, -0.15) is 0 Å². The summed E-state index contributed by atoms with van der Waals surface area (Å²) >= 11 is 0. The number of nitrogens with one attached hydrogen (secondary N) is 2. The average molecular weight is 408 g/mol. The van der Waals surface area contributed by atoms with Gasteiger partial charge in [0.2, 0.25) is 10.0 Å². The maximum Gasteiger partial charge on any atom is 0.335 e. The molecule has 0 aliphatic rings. The summed E-state index contributed by atoms with van der Waals surface area (Å²) in [7, 11) is -3.68. The van der Waals surface area contributed by atoms with E-state index < -0.39 is 16.0 Å². The number of fused-ring (bicyclic) bond motifs is 1. The van der Waals surface area contributed by atoms with E-state index >= 15 is 0 Å². The quantitative estimate of drug-likeness (QED) is 0.450. The van der Waals surface area contributed by atoms with E-state index in [1.54, 1.807) is 42.6 Å². The number of carboxylic acids is 1. The van der Waals surface area contributed by atoms with Gasteiger partial charge in [-0.15, -0.1) is 0 Å². The number of carboxylic acid groups (broad SMARTS) is 1. The van der Waals surface area contributed by atoms with Crippen molar-refractivity contribution in [2.24, 2.45) is 0 Å². The van der Waals surface area contributed by atoms with E-state index in [1.807, 2.05) is 0 Å². The second-order valence-corrected chi connectivity index (χ2v) is 8.06. The smallest absolute Gasteiger partial charge is 0.335 e. The highest BCUT2D eigenvalue weighted by atomic mass is 32.2. The van der Waals surface area contributed by atoms with Gasteiger partial charge in [0, 0.05) is 11.8 Å². The van der Waals surface area contributed by atoms with Gasteiger partial charge < -0.3 is 10.1 Å². The molecule has 0 fully saturated rings. The van der Waals surface area contributed by atoms with E-state index in [0.29, 0.717) is 28.1 Å². The molecule has 0 aliphatic carbocycles. The second-order valence-electron chi connectivity index (χ2n) is 6.29. The molecule has 0 amide bonds. The number of imidazole rings is 1. The van der Waals surface area contributed by atoms with Crippen LogP contribution in [-0.4, -0.2) is 34.4 Å². The molecular weight excluding hydrogens is 392 g/mol. The summed E-state index contributed by atoms with van der Waals surface area (Å²) in [5.74, 6) is -0.497. The molecule has 0 bridgehead atoms. The van der Waals surface area contributed by atoms with Crippen molar-refractivity contribution in [1.29, 1.82) is 0 Å². The number of pyridine rings is 1. The fourth-order valence-corrected chi connectivity index (χ4v) is 3.83. The van der Waals surface area contributed by atoms with Crippen LogP contribution in [0.3, 0.4) is 0 Å². The van der Waals surface area contributed by atoms with Crippen molar-refractivity contribution in [3.63, 3.8) is 0 Å². The Morgan fingerprint density at radius 1 is 1.07 bits per heavy atom. The Morgan fingerprint density at radius 2 is 1.86 bits per heavy atom. The second kappa shape index (κ2) is 7.46. The number of aromatic carboxylic acids is 1. The van der Waals surface area contributed by atoms with Gasteiger partial charge in [0.1, 0.15) is 5.82 Å². The first kappa shape index (κ1) is 18.8. The minimum absolute atomic E-state index is 0.0976. The van der Waals surface area contributed by atoms with Crippen LogP contribution in [0, 0.1) is 0 Å². The summed E-state index contributed by atoms with van der Waals surface area (Å²) < 4.78 is 27.5. The third kappa shape index (κ3) is 4.00. The molecule has 0 saturated heterocycles. The van der Waals surface area contributed by atoms with Crippen LogP contribution >= 0.6 is 0 Å². The number of H-pyrrole nitrogens is 1. The molecule has 9 heteroatoms. The Hall–Kier alpha value is -3.56. The van der Waals surface area contributed by atoms with Crippen LogP contribution in [0.2, 0.25) is 0 Å². The van der Waals surface area contributed by atoms with Crippen molar-refractivity contribution in [1.82, 2.24) is 19.7 Å². The van der Waals surface area contributed by atoms with Crippen molar-refractivity contribution in [2.75, 3.05) is 0 Å². The first-order chi connectivity index (χ1) is 13.9. The topological polar surface area (TPSA) is 125 Å². The summed E-state index contributed by atoms with van der Waals surface area (Å²) in [6, 6.07) is 16.2. The SMILES string of the molecule is O=C(O)c1ccc2nc(-c3ccc(S(=O)(=O)NCc4ccccn4)cc3)[nH]c2c1. The van der Waals surface area contributed by atoms with Gasteiger partial charge in [0.05, 0.1) is 33.7 Å². The van der Waals surface area contributed by atoms with E-state index in [-0.39, 0.29) is 17.0 Å². The highest BCUT2D eigenvalue weighted by Gasteiger charge is 2.15. The van der Waals surface area contributed by atoms with Crippen LogP contribution in [0.25, 0.3) is 22.4 Å². The van der Waals surface area contributed by atoms with Crippen LogP contribution in [0.15, 0.2) is 71.8 Å². The normalized spacial score (nSPS) is 11.6. The van der Waals surface area contributed by atoms with Gasteiger partial charge in [-0.25, -0.2) is 22.9 Å². The number of hydrogen-bond donors (Lipinski definition) is 3. The van der Waals surface area contributed by atoms with E-state index in [9.17, 15) is 13.2 Å². The maximum absolute atomic E-state index is 12.5. The Bertz CT molecular complexity index is 1280. The van der Waals surface area contributed by atoms with Crippen molar-refractivity contribution < 1.29 is 18.3 Å². The fraction of sp³-hybridized carbons (Fsp3) is 0.0500. The zero-order valence-electron chi connectivity index (χ0n) is 15.0. The summed E-state index contributed by atoms with van der Waals surface area (Å²) in [4.78, 5) is 22.8. The molecule has 29 heavy (non-hydrogen) atoms. The number of hydrogen-bond acceptors (Lipinski definition) is 5. The van der Waals surface area contributed by atoms with E-state index in [4.69, 9.17) is 5.11 Å². The van der Waals surface area contributed by atoms with Gasteiger partial charge in [-0.3, -0.25) is 4.98 Å². The molecule has 0 saturated carbocycles. The molecule has 0 radical (unpaired) electrons. The van der Waals surface area contributed by atoms with Gasteiger partial charge in [0.15, 0.2) is 0 Å². The molecule has 0 unspecified atom stereocenters. The summed E-state index contributed by atoms with van der Waals surface area (Å²) in [6.07, 6.45) is 1.60. The Labute approximate surface area is 166 Å². The van der Waals surface area contributed by atoms with Gasteiger partial charge in [-0.1, -0.05) is 6.07 Å². The van der Waals surface area contributed by atoms with Crippen molar-refractivity contribution in [3.8, 4) is 11.4 Å². The number of aromatic nitrogens is 3. The highest BCUT2D eigenvalue weighted by Crippen LogP contribution is 2.23. The van der Waals surface area contributed by atoms with Crippen LogP contribution < -0.4 is 4.72 Å². The number of benzene rings is 2. The standard InChI is InChI=1S/C20H16N4O4S/c25-20(26)14-6-9-17-18(11-14)24-19(23-17)13-4-7-16(8-5-13)29(27,28)22-12-15-3-1-2-10-21-15/h1-11,22H,12H2,(H,23,24)(H,25,26). The summed E-state index contributed by atoms with van der Waals surface area (Å²) in [6.45, 7) is 0.0976. The van der Waals surface area contributed by atoms with Crippen LogP contribution in [0.5, 0.6) is 0 Å².